The van der Waals surface area contributed by atoms with E-state index in [1.54, 1.807) is 25.1 Å². The van der Waals surface area contributed by atoms with Crippen molar-refractivity contribution in [2.45, 2.75) is 13.0 Å². The molecule has 2 aromatic carbocycles. The highest BCUT2D eigenvalue weighted by atomic mass is 32.1. The van der Waals surface area contributed by atoms with Gasteiger partial charge in [-0.15, -0.1) is 11.3 Å². The predicted molar refractivity (Wildman–Crippen MR) is 138 cm³/mol. The first-order chi connectivity index (χ1) is 17.4. The van der Waals surface area contributed by atoms with Gasteiger partial charge < -0.3 is 15.7 Å². The van der Waals surface area contributed by atoms with E-state index < -0.39 is 23.4 Å². The van der Waals surface area contributed by atoms with Gasteiger partial charge >= 0.3 is 0 Å². The number of aromatic amines is 1. The maximum absolute atomic E-state index is 14.6. The molecule has 0 bridgehead atoms. The van der Waals surface area contributed by atoms with Crippen LogP contribution in [-0.2, 0) is 0 Å². The second-order valence-corrected chi connectivity index (χ2v) is 9.15. The Morgan fingerprint density at radius 3 is 2.67 bits per heavy atom. The molecule has 3 heterocycles. The molecule has 180 valence electrons. The third kappa shape index (κ3) is 4.85. The molecule has 0 aliphatic heterocycles. The first-order valence-electron chi connectivity index (χ1n) is 11.0. The van der Waals surface area contributed by atoms with Crippen molar-refractivity contribution < 1.29 is 14.3 Å². The first-order valence-corrected chi connectivity index (χ1v) is 11.8. The second kappa shape index (κ2) is 9.68. The molecule has 0 saturated heterocycles. The SMILES string of the molecule is CC(O)c1ccc(Nc2cc(-c3ccc(F)c(NC(=O)c4cc5ccccc5s4)c3)n[nH]c2=O)nc1. The number of hydrogen-bond acceptors (Lipinski definition) is 7. The predicted octanol–water partition coefficient (Wildman–Crippen LogP) is 5.23. The zero-order chi connectivity index (χ0) is 25.2. The molecule has 0 saturated carbocycles. The van der Waals surface area contributed by atoms with E-state index in [2.05, 4.69) is 25.8 Å². The summed E-state index contributed by atoms with van der Waals surface area (Å²) in [6.45, 7) is 1.63. The van der Waals surface area contributed by atoms with Crippen LogP contribution in [0.15, 0.2) is 77.7 Å². The summed E-state index contributed by atoms with van der Waals surface area (Å²) in [6, 6.07) is 18.4. The van der Waals surface area contributed by atoms with Crippen LogP contribution < -0.4 is 16.2 Å². The quantitative estimate of drug-likeness (QED) is 0.253. The molecule has 0 radical (unpaired) electrons. The van der Waals surface area contributed by atoms with Crippen LogP contribution in [0.4, 0.5) is 21.6 Å². The largest absolute Gasteiger partial charge is 0.389 e. The molecule has 4 N–H and O–H groups in total. The molecule has 0 aliphatic rings. The minimum absolute atomic E-state index is 0.00663. The van der Waals surface area contributed by atoms with Crippen LogP contribution >= 0.6 is 11.3 Å². The Hall–Kier alpha value is -4.41. The molecule has 3 aromatic heterocycles. The summed E-state index contributed by atoms with van der Waals surface area (Å²) in [4.78, 5) is 29.8. The van der Waals surface area contributed by atoms with Gasteiger partial charge in [0.2, 0.25) is 0 Å². The number of carbonyl (C=O) groups excluding carboxylic acids is 1. The molecule has 8 nitrogen and oxygen atoms in total. The lowest BCUT2D eigenvalue weighted by molar-refractivity contribution is 0.103. The normalized spacial score (nSPS) is 11.9. The Balaban J connectivity index is 1.40. The van der Waals surface area contributed by atoms with E-state index in [1.165, 1.54) is 41.8 Å². The van der Waals surface area contributed by atoms with Gasteiger partial charge in [-0.05, 0) is 60.3 Å². The van der Waals surface area contributed by atoms with Crippen molar-refractivity contribution in [2.24, 2.45) is 0 Å². The lowest BCUT2D eigenvalue weighted by atomic mass is 10.1. The second-order valence-electron chi connectivity index (χ2n) is 8.07. The number of aliphatic hydroxyl groups excluding tert-OH is 1. The van der Waals surface area contributed by atoms with Gasteiger partial charge in [0.1, 0.15) is 17.3 Å². The lowest BCUT2D eigenvalue weighted by Gasteiger charge is -2.10. The third-order valence-corrected chi connectivity index (χ3v) is 6.61. The van der Waals surface area contributed by atoms with E-state index in [9.17, 15) is 19.1 Å². The molecular formula is C26H20FN5O3S. The summed E-state index contributed by atoms with van der Waals surface area (Å²) in [5.74, 6) is -0.619. The number of aliphatic hydroxyl groups is 1. The number of halogens is 1. The summed E-state index contributed by atoms with van der Waals surface area (Å²) in [6.07, 6.45) is 0.851. The monoisotopic (exact) mass is 501 g/mol. The van der Waals surface area contributed by atoms with Gasteiger partial charge in [0.25, 0.3) is 11.5 Å². The van der Waals surface area contributed by atoms with Gasteiger partial charge in [0.15, 0.2) is 0 Å². The molecule has 36 heavy (non-hydrogen) atoms. The summed E-state index contributed by atoms with van der Waals surface area (Å²) in [5, 5.41) is 22.6. The first kappa shape index (κ1) is 23.3. The number of thiophene rings is 1. The Bertz CT molecular complexity index is 1600. The molecule has 0 spiro atoms. The highest BCUT2D eigenvalue weighted by Gasteiger charge is 2.15. The number of fused-ring (bicyclic) bond motifs is 1. The van der Waals surface area contributed by atoms with Crippen molar-refractivity contribution in [2.75, 3.05) is 10.6 Å². The summed E-state index contributed by atoms with van der Waals surface area (Å²) in [7, 11) is 0. The zero-order valence-corrected chi connectivity index (χ0v) is 19.8. The fraction of sp³-hybridized carbons (Fsp3) is 0.0769. The van der Waals surface area contributed by atoms with Gasteiger partial charge in [0.05, 0.1) is 22.4 Å². The number of carbonyl (C=O) groups is 1. The Morgan fingerprint density at radius 1 is 1.08 bits per heavy atom. The van der Waals surface area contributed by atoms with Crippen molar-refractivity contribution >= 4 is 44.5 Å². The van der Waals surface area contributed by atoms with E-state index in [0.29, 0.717) is 27.5 Å². The van der Waals surface area contributed by atoms with E-state index >= 15 is 0 Å². The fourth-order valence-electron chi connectivity index (χ4n) is 3.57. The Kier molecular flexibility index (Phi) is 6.28. The molecular weight excluding hydrogens is 481 g/mol. The van der Waals surface area contributed by atoms with Crippen LogP contribution in [0, 0.1) is 5.82 Å². The summed E-state index contributed by atoms with van der Waals surface area (Å²) >= 11 is 1.32. The van der Waals surface area contributed by atoms with Gasteiger partial charge in [-0.1, -0.05) is 24.3 Å². The third-order valence-electron chi connectivity index (χ3n) is 5.49. The molecule has 10 heteroatoms. The Morgan fingerprint density at radius 2 is 1.92 bits per heavy atom. The number of amides is 1. The number of pyridine rings is 1. The van der Waals surface area contributed by atoms with Crippen molar-refractivity contribution in [3.05, 3.63) is 99.5 Å². The van der Waals surface area contributed by atoms with Gasteiger partial charge in [-0.25, -0.2) is 14.5 Å². The molecule has 1 unspecified atom stereocenters. The lowest BCUT2D eigenvalue weighted by Crippen LogP contribution is -2.14. The van der Waals surface area contributed by atoms with Crippen LogP contribution in [0.25, 0.3) is 21.3 Å². The fourth-order valence-corrected chi connectivity index (χ4v) is 4.53. The summed E-state index contributed by atoms with van der Waals surface area (Å²) in [5.41, 5.74) is 1.18. The molecule has 0 aliphatic carbocycles. The minimum atomic E-state index is -0.658. The molecule has 5 rings (SSSR count). The van der Waals surface area contributed by atoms with Crippen LogP contribution in [-0.4, -0.2) is 26.2 Å². The number of H-pyrrole nitrogens is 1. The molecule has 1 atom stereocenters. The smallest absolute Gasteiger partial charge is 0.287 e. The number of benzene rings is 2. The average molecular weight is 502 g/mol. The van der Waals surface area contributed by atoms with Gasteiger partial charge in [0, 0.05) is 16.5 Å². The zero-order valence-electron chi connectivity index (χ0n) is 18.9. The number of nitrogens with one attached hydrogen (secondary N) is 3. The van der Waals surface area contributed by atoms with Crippen molar-refractivity contribution in [3.63, 3.8) is 0 Å². The van der Waals surface area contributed by atoms with Crippen LogP contribution in [0.3, 0.4) is 0 Å². The number of aromatic nitrogens is 3. The maximum atomic E-state index is 14.6. The number of hydrogen-bond donors (Lipinski definition) is 4. The standard InChI is InChI=1S/C26H20FN5O3S/c1-14(33)17-7-9-24(28-13-17)29-21-12-19(31-32-25(21)34)15-6-8-18(27)20(10-15)30-26(35)23-11-16-4-2-3-5-22(16)36-23/h2-14,33H,1H3,(H,30,35)(H,32,34)(H,28,29,31). The number of nitrogens with zero attached hydrogens (tertiary/aromatic N) is 2. The van der Waals surface area contributed by atoms with Crippen molar-refractivity contribution in [1.29, 1.82) is 0 Å². The van der Waals surface area contributed by atoms with Crippen LogP contribution in [0.5, 0.6) is 0 Å². The number of rotatable bonds is 6. The average Bonchev–Trinajstić information content (AvgIpc) is 3.32. The van der Waals surface area contributed by atoms with Gasteiger partial charge in [-0.3, -0.25) is 9.59 Å². The highest BCUT2D eigenvalue weighted by Crippen LogP contribution is 2.28. The van der Waals surface area contributed by atoms with E-state index in [0.717, 1.165) is 10.1 Å². The van der Waals surface area contributed by atoms with Crippen molar-refractivity contribution in [1.82, 2.24) is 15.2 Å². The topological polar surface area (TPSA) is 120 Å². The molecule has 5 aromatic rings. The minimum Gasteiger partial charge on any atom is -0.389 e. The Labute approximate surface area is 208 Å². The van der Waals surface area contributed by atoms with Crippen LogP contribution in [0.1, 0.15) is 28.3 Å². The van der Waals surface area contributed by atoms with Crippen molar-refractivity contribution in [3.8, 4) is 11.3 Å². The maximum Gasteiger partial charge on any atom is 0.287 e. The van der Waals surface area contributed by atoms with E-state index in [-0.39, 0.29) is 11.4 Å². The summed E-state index contributed by atoms with van der Waals surface area (Å²) < 4.78 is 15.5. The molecule has 0 fully saturated rings. The van der Waals surface area contributed by atoms with E-state index in [1.807, 2.05) is 24.3 Å². The van der Waals surface area contributed by atoms with Crippen LogP contribution in [0.2, 0.25) is 0 Å². The number of anilines is 3. The molecule has 1 amide bonds. The van der Waals surface area contributed by atoms with E-state index in [4.69, 9.17) is 0 Å². The highest BCUT2D eigenvalue weighted by molar-refractivity contribution is 7.20. The van der Waals surface area contributed by atoms with Gasteiger partial charge in [-0.2, -0.15) is 5.10 Å².